The fourth-order valence-corrected chi connectivity index (χ4v) is 2.22. The Balaban J connectivity index is 2.34. The van der Waals surface area contributed by atoms with Gasteiger partial charge in [-0.05, 0) is 29.8 Å². The maximum absolute atomic E-state index is 12.0. The minimum Gasteiger partial charge on any atom is -0.435 e. The van der Waals surface area contributed by atoms with Crippen molar-refractivity contribution in [2.45, 2.75) is 6.61 Å². The maximum Gasteiger partial charge on any atom is 0.387 e. The zero-order valence-electron chi connectivity index (χ0n) is 9.34. The second-order valence-electron chi connectivity index (χ2n) is 3.65. The van der Waals surface area contributed by atoms with Crippen molar-refractivity contribution in [3.8, 4) is 16.9 Å². The molecule has 0 bridgehead atoms. The van der Waals surface area contributed by atoms with Crippen LogP contribution < -0.4 is 4.74 Å². The van der Waals surface area contributed by atoms with Gasteiger partial charge in [-0.25, -0.2) is 0 Å². The van der Waals surface area contributed by atoms with Crippen LogP contribution in [0, 0.1) is 0 Å². The molecule has 0 saturated carbocycles. The number of hydrogen-bond acceptors (Lipinski definition) is 1. The van der Waals surface area contributed by atoms with E-state index in [0.717, 1.165) is 5.56 Å². The Morgan fingerprint density at radius 2 is 1.42 bits per heavy atom. The summed E-state index contributed by atoms with van der Waals surface area (Å²) >= 11 is 17.8. The molecule has 0 aliphatic carbocycles. The lowest BCUT2D eigenvalue weighted by atomic mass is 10.1. The van der Waals surface area contributed by atoms with Gasteiger partial charge in [-0.1, -0.05) is 46.9 Å². The van der Waals surface area contributed by atoms with Gasteiger partial charge in [0.05, 0.1) is 10.0 Å². The maximum atomic E-state index is 12.0. The van der Waals surface area contributed by atoms with Crippen LogP contribution in [-0.4, -0.2) is 6.61 Å². The first-order valence-corrected chi connectivity index (χ1v) is 6.30. The largest absolute Gasteiger partial charge is 0.435 e. The molecule has 0 aromatic heterocycles. The minimum atomic E-state index is -2.85. The highest BCUT2D eigenvalue weighted by Crippen LogP contribution is 2.35. The summed E-state index contributed by atoms with van der Waals surface area (Å²) < 4.78 is 28.3. The lowest BCUT2D eigenvalue weighted by Gasteiger charge is -2.08. The topological polar surface area (TPSA) is 9.23 Å². The molecule has 2 aromatic rings. The number of ether oxygens (including phenoxy) is 1. The van der Waals surface area contributed by atoms with Gasteiger partial charge < -0.3 is 4.74 Å². The van der Waals surface area contributed by atoms with Crippen LogP contribution >= 0.6 is 34.8 Å². The van der Waals surface area contributed by atoms with Gasteiger partial charge in [0.1, 0.15) is 5.75 Å². The molecule has 0 atom stereocenters. The van der Waals surface area contributed by atoms with Gasteiger partial charge in [0.25, 0.3) is 0 Å². The minimum absolute atomic E-state index is 0.0786. The molecule has 0 radical (unpaired) electrons. The van der Waals surface area contributed by atoms with E-state index in [0.29, 0.717) is 20.6 Å². The molecule has 0 aliphatic rings. The summed E-state index contributed by atoms with van der Waals surface area (Å²) in [7, 11) is 0. The van der Waals surface area contributed by atoms with E-state index in [1.54, 1.807) is 18.2 Å². The first-order valence-electron chi connectivity index (χ1n) is 5.17. The lowest BCUT2D eigenvalue weighted by Crippen LogP contribution is -2.01. The Kier molecular flexibility index (Phi) is 4.50. The highest BCUT2D eigenvalue weighted by molar-refractivity contribution is 6.44. The molecule has 0 amide bonds. The second kappa shape index (κ2) is 5.95. The van der Waals surface area contributed by atoms with Crippen LogP contribution in [0.2, 0.25) is 15.1 Å². The molecule has 0 saturated heterocycles. The summed E-state index contributed by atoms with van der Waals surface area (Å²) in [6.45, 7) is -2.85. The van der Waals surface area contributed by atoms with Crippen molar-refractivity contribution in [1.29, 1.82) is 0 Å². The first kappa shape index (κ1) is 14.4. The van der Waals surface area contributed by atoms with Crippen LogP contribution in [0.4, 0.5) is 8.78 Å². The van der Waals surface area contributed by atoms with Gasteiger partial charge in [-0.3, -0.25) is 0 Å². The Hall–Kier alpha value is -1.03. The summed E-state index contributed by atoms with van der Waals surface area (Å²) in [4.78, 5) is 0. The molecule has 0 N–H and O–H groups in total. The highest BCUT2D eigenvalue weighted by Gasteiger charge is 2.09. The fourth-order valence-electron chi connectivity index (χ4n) is 1.56. The van der Waals surface area contributed by atoms with Gasteiger partial charge in [-0.2, -0.15) is 8.78 Å². The van der Waals surface area contributed by atoms with E-state index in [1.165, 1.54) is 18.2 Å². The van der Waals surface area contributed by atoms with Crippen molar-refractivity contribution in [3.63, 3.8) is 0 Å². The average Bonchev–Trinajstić information content (AvgIpc) is 2.34. The molecule has 0 aliphatic heterocycles. The van der Waals surface area contributed by atoms with Crippen LogP contribution in [0.5, 0.6) is 5.75 Å². The van der Waals surface area contributed by atoms with Crippen molar-refractivity contribution in [1.82, 2.24) is 0 Å². The molecule has 19 heavy (non-hydrogen) atoms. The normalized spacial score (nSPS) is 10.8. The monoisotopic (exact) mass is 322 g/mol. The number of rotatable bonds is 3. The molecule has 2 aromatic carbocycles. The molecule has 0 unspecified atom stereocenters. The van der Waals surface area contributed by atoms with E-state index < -0.39 is 6.61 Å². The third-order valence-electron chi connectivity index (χ3n) is 2.40. The molecule has 2 rings (SSSR count). The predicted octanol–water partition coefficient (Wildman–Crippen LogP) is 5.92. The number of alkyl halides is 2. The third-order valence-corrected chi connectivity index (χ3v) is 3.44. The van der Waals surface area contributed by atoms with Crippen molar-refractivity contribution in [3.05, 3.63) is 51.5 Å². The van der Waals surface area contributed by atoms with E-state index in [1.807, 2.05) is 0 Å². The van der Waals surface area contributed by atoms with Crippen molar-refractivity contribution < 1.29 is 13.5 Å². The van der Waals surface area contributed by atoms with Gasteiger partial charge in [0.2, 0.25) is 0 Å². The predicted molar refractivity (Wildman–Crippen MR) is 73.5 cm³/mol. The highest BCUT2D eigenvalue weighted by atomic mass is 35.5. The zero-order chi connectivity index (χ0) is 14.0. The Bertz CT molecular complexity index is 585. The van der Waals surface area contributed by atoms with Crippen molar-refractivity contribution in [2.75, 3.05) is 0 Å². The summed E-state index contributed by atoms with van der Waals surface area (Å²) in [5, 5.41) is 1.15. The van der Waals surface area contributed by atoms with E-state index in [2.05, 4.69) is 4.74 Å². The van der Waals surface area contributed by atoms with Gasteiger partial charge in [0, 0.05) is 10.6 Å². The Morgan fingerprint density at radius 3 is 2.00 bits per heavy atom. The van der Waals surface area contributed by atoms with Crippen LogP contribution in [-0.2, 0) is 0 Å². The fraction of sp³-hybridized carbons (Fsp3) is 0.0769. The smallest absolute Gasteiger partial charge is 0.387 e. The van der Waals surface area contributed by atoms with Crippen molar-refractivity contribution in [2.24, 2.45) is 0 Å². The molecule has 6 heteroatoms. The van der Waals surface area contributed by atoms with Gasteiger partial charge >= 0.3 is 6.61 Å². The van der Waals surface area contributed by atoms with Crippen LogP contribution in [0.25, 0.3) is 11.1 Å². The molecule has 1 nitrogen and oxygen atoms in total. The molecule has 0 fully saturated rings. The molecule has 100 valence electrons. The Labute approximate surface area is 123 Å². The SMILES string of the molecule is FC(F)Oc1ccc(-c2cc(Cl)c(Cl)cc2Cl)cc1. The van der Waals surface area contributed by atoms with Crippen LogP contribution in [0.3, 0.4) is 0 Å². The quantitative estimate of drug-likeness (QED) is 0.637. The standard InChI is InChI=1S/C13H7Cl3F2O/c14-10-6-12(16)11(15)5-9(10)7-1-3-8(4-2-7)19-13(17)18/h1-6,13H. The van der Waals surface area contributed by atoms with E-state index >= 15 is 0 Å². The number of benzene rings is 2. The van der Waals surface area contributed by atoms with E-state index in [9.17, 15) is 8.78 Å². The molecule has 0 heterocycles. The summed E-state index contributed by atoms with van der Waals surface area (Å²) in [6.07, 6.45) is 0. The van der Waals surface area contributed by atoms with Gasteiger partial charge in [-0.15, -0.1) is 0 Å². The lowest BCUT2D eigenvalue weighted by molar-refractivity contribution is -0.0498. The average molecular weight is 324 g/mol. The molecule has 0 spiro atoms. The van der Waals surface area contributed by atoms with E-state index in [4.69, 9.17) is 34.8 Å². The first-order chi connectivity index (χ1) is 8.97. The molecular formula is C13H7Cl3F2O. The summed E-state index contributed by atoms with van der Waals surface area (Å²) in [6, 6.07) is 9.24. The van der Waals surface area contributed by atoms with E-state index in [-0.39, 0.29) is 5.75 Å². The zero-order valence-corrected chi connectivity index (χ0v) is 11.6. The summed E-state index contributed by atoms with van der Waals surface area (Å²) in [5.41, 5.74) is 1.39. The Morgan fingerprint density at radius 1 is 0.842 bits per heavy atom. The van der Waals surface area contributed by atoms with Gasteiger partial charge in [0.15, 0.2) is 0 Å². The van der Waals surface area contributed by atoms with Crippen molar-refractivity contribution >= 4 is 34.8 Å². The molecular weight excluding hydrogens is 316 g/mol. The number of hydrogen-bond donors (Lipinski definition) is 0. The van der Waals surface area contributed by atoms with Crippen LogP contribution in [0.15, 0.2) is 36.4 Å². The number of halogens is 5. The second-order valence-corrected chi connectivity index (χ2v) is 4.87. The summed E-state index contributed by atoms with van der Waals surface area (Å²) in [5.74, 6) is 0.0786. The third kappa shape index (κ3) is 3.50. The van der Waals surface area contributed by atoms with Crippen LogP contribution in [0.1, 0.15) is 0 Å².